The average molecular weight is 441 g/mol. The highest BCUT2D eigenvalue weighted by molar-refractivity contribution is 5.69. The van der Waals surface area contributed by atoms with E-state index in [4.69, 9.17) is 18.7 Å². The molecule has 0 unspecified atom stereocenters. The molecule has 0 radical (unpaired) electrons. The summed E-state index contributed by atoms with van der Waals surface area (Å²) in [6, 6.07) is 13.1. The molecule has 1 N–H and O–H groups in total. The minimum absolute atomic E-state index is 0.127. The highest BCUT2D eigenvalue weighted by Crippen LogP contribution is 2.23. The maximum absolute atomic E-state index is 13.2. The van der Waals surface area contributed by atoms with Crippen LogP contribution in [0.5, 0.6) is 5.75 Å². The third-order valence-electron chi connectivity index (χ3n) is 4.25. The Morgan fingerprint density at radius 3 is 2.62 bits per heavy atom. The van der Waals surface area contributed by atoms with E-state index < -0.39 is 0 Å². The summed E-state index contributed by atoms with van der Waals surface area (Å²) in [5, 5.41) is 8.02. The molecule has 0 aliphatic rings. The lowest BCUT2D eigenvalue weighted by atomic mass is 10.1. The van der Waals surface area contributed by atoms with Crippen molar-refractivity contribution in [2.24, 2.45) is 0 Å². The van der Waals surface area contributed by atoms with E-state index in [1.165, 1.54) is 18.4 Å². The average Bonchev–Trinajstić information content (AvgIpc) is 3.29. The van der Waals surface area contributed by atoms with Gasteiger partial charge in [0.25, 0.3) is 5.89 Å². The Bertz CT molecular complexity index is 1050. The molecule has 0 aliphatic heterocycles. The highest BCUT2D eigenvalue weighted by Gasteiger charge is 2.15. The first-order valence-corrected chi connectivity index (χ1v) is 10.2. The van der Waals surface area contributed by atoms with Crippen molar-refractivity contribution in [2.45, 2.75) is 26.7 Å². The number of ether oxygens (including phenoxy) is 2. The van der Waals surface area contributed by atoms with E-state index in [-0.39, 0.29) is 30.0 Å². The van der Waals surface area contributed by atoms with Gasteiger partial charge in [-0.05, 0) is 56.2 Å². The van der Waals surface area contributed by atoms with Crippen LogP contribution in [-0.4, -0.2) is 29.4 Å². The number of carbonyl (C=O) groups is 1. The van der Waals surface area contributed by atoms with E-state index in [0.29, 0.717) is 36.6 Å². The van der Waals surface area contributed by atoms with Crippen LogP contribution in [0, 0.1) is 5.82 Å². The Hall–Kier alpha value is -3.72. The normalized spacial score (nSPS) is 11.3. The van der Waals surface area contributed by atoms with Gasteiger partial charge in [0.2, 0.25) is 5.89 Å². The van der Waals surface area contributed by atoms with Gasteiger partial charge in [-0.15, -0.1) is 10.2 Å². The molecule has 1 aromatic heterocycles. The second-order valence-corrected chi connectivity index (χ2v) is 6.52. The summed E-state index contributed by atoms with van der Waals surface area (Å²) in [6.07, 6.45) is 2.10. The summed E-state index contributed by atoms with van der Waals surface area (Å²) in [5.41, 5.74) is 4.43. The third-order valence-corrected chi connectivity index (χ3v) is 4.25. The molecule has 168 valence electrons. The first-order valence-electron chi connectivity index (χ1n) is 10.2. The minimum Gasteiger partial charge on any atom is -0.466 e. The summed E-state index contributed by atoms with van der Waals surface area (Å²) in [6.45, 7) is 4.31. The van der Waals surface area contributed by atoms with Crippen LogP contribution in [0.15, 0.2) is 59.2 Å². The van der Waals surface area contributed by atoms with Gasteiger partial charge in [-0.2, -0.15) is 0 Å². The van der Waals surface area contributed by atoms with E-state index in [1.807, 2.05) is 25.1 Å². The van der Waals surface area contributed by atoms with Gasteiger partial charge in [-0.3, -0.25) is 15.1 Å². The fourth-order valence-electron chi connectivity index (χ4n) is 2.73. The van der Waals surface area contributed by atoms with Gasteiger partial charge >= 0.3 is 5.97 Å². The fraction of sp³-hybridized carbons (Fsp3) is 0.261. The number of esters is 1. The maximum atomic E-state index is 13.2. The molecule has 0 amide bonds. The predicted octanol–water partition coefficient (Wildman–Crippen LogP) is 4.29. The molecule has 0 bridgehead atoms. The van der Waals surface area contributed by atoms with Crippen LogP contribution in [0.4, 0.5) is 4.39 Å². The highest BCUT2D eigenvalue weighted by atomic mass is 19.1. The molecule has 0 spiro atoms. The molecular formula is C23H24FN3O5. The van der Waals surface area contributed by atoms with Crippen LogP contribution in [0.2, 0.25) is 0 Å². The summed E-state index contributed by atoms with van der Waals surface area (Å²) in [5.74, 6) is 0.282. The van der Waals surface area contributed by atoms with Crippen molar-refractivity contribution in [3.63, 3.8) is 0 Å². The topological polar surface area (TPSA) is 95.7 Å². The van der Waals surface area contributed by atoms with Gasteiger partial charge in [0.05, 0.1) is 13.2 Å². The standard InChI is InChI=1S/C23H24FN3O5/c1-3-29-21(28)14-11-16-7-5-6-8-20(16)30-15-19(27-31-4-2)23-26-25-22(32-23)17-9-12-18(24)13-10-17/h5-10,12-13,15,27H,3-4,11,14H2,1-2H3. The van der Waals surface area contributed by atoms with Gasteiger partial charge in [0.15, 0.2) is 5.70 Å². The molecular weight excluding hydrogens is 417 g/mol. The molecule has 32 heavy (non-hydrogen) atoms. The lowest BCUT2D eigenvalue weighted by Crippen LogP contribution is -2.14. The molecule has 0 atom stereocenters. The van der Waals surface area contributed by atoms with Crippen molar-refractivity contribution in [1.29, 1.82) is 0 Å². The number of hydroxylamine groups is 1. The number of nitrogens with one attached hydrogen (secondary N) is 1. The molecule has 8 nitrogen and oxygen atoms in total. The van der Waals surface area contributed by atoms with Crippen LogP contribution in [0.25, 0.3) is 17.2 Å². The van der Waals surface area contributed by atoms with E-state index in [9.17, 15) is 9.18 Å². The number of hydrogen-bond acceptors (Lipinski definition) is 8. The van der Waals surface area contributed by atoms with Gasteiger partial charge in [-0.25, -0.2) is 4.39 Å². The predicted molar refractivity (Wildman–Crippen MR) is 114 cm³/mol. The van der Waals surface area contributed by atoms with Crippen LogP contribution in [-0.2, 0) is 20.8 Å². The largest absolute Gasteiger partial charge is 0.466 e. The number of para-hydroxylation sites is 1. The van der Waals surface area contributed by atoms with Gasteiger partial charge < -0.3 is 13.9 Å². The number of aryl methyl sites for hydroxylation is 1. The Balaban J connectivity index is 1.78. The van der Waals surface area contributed by atoms with E-state index in [2.05, 4.69) is 15.7 Å². The maximum Gasteiger partial charge on any atom is 0.306 e. The van der Waals surface area contributed by atoms with E-state index in [1.54, 1.807) is 25.1 Å². The lowest BCUT2D eigenvalue weighted by Gasteiger charge is -2.10. The van der Waals surface area contributed by atoms with E-state index in [0.717, 1.165) is 5.56 Å². The first-order chi connectivity index (χ1) is 15.6. The van der Waals surface area contributed by atoms with Gasteiger partial charge in [-0.1, -0.05) is 18.2 Å². The molecule has 0 aliphatic carbocycles. The number of benzene rings is 2. The fourth-order valence-corrected chi connectivity index (χ4v) is 2.73. The molecule has 9 heteroatoms. The summed E-state index contributed by atoms with van der Waals surface area (Å²) in [7, 11) is 0. The summed E-state index contributed by atoms with van der Waals surface area (Å²) >= 11 is 0. The molecule has 1 heterocycles. The van der Waals surface area contributed by atoms with Gasteiger partial charge in [0.1, 0.15) is 17.8 Å². The van der Waals surface area contributed by atoms with Crippen molar-refractivity contribution in [3.05, 3.63) is 72.1 Å². The Morgan fingerprint density at radius 1 is 1.09 bits per heavy atom. The number of hydrogen-bond donors (Lipinski definition) is 1. The minimum atomic E-state index is -0.359. The monoisotopic (exact) mass is 441 g/mol. The quantitative estimate of drug-likeness (QED) is 0.267. The Kier molecular flexibility index (Phi) is 8.33. The summed E-state index contributed by atoms with van der Waals surface area (Å²) < 4.78 is 29.7. The van der Waals surface area contributed by atoms with Crippen LogP contribution < -0.4 is 10.2 Å². The lowest BCUT2D eigenvalue weighted by molar-refractivity contribution is -0.143. The third kappa shape index (κ3) is 6.39. The second kappa shape index (κ2) is 11.6. The van der Waals surface area contributed by atoms with Crippen molar-refractivity contribution in [1.82, 2.24) is 15.7 Å². The van der Waals surface area contributed by atoms with Crippen molar-refractivity contribution < 1.29 is 27.9 Å². The number of rotatable bonds is 11. The zero-order chi connectivity index (χ0) is 22.8. The van der Waals surface area contributed by atoms with Gasteiger partial charge in [0, 0.05) is 12.0 Å². The SMILES string of the molecule is CCONC(=COc1ccccc1CCC(=O)OCC)c1nnc(-c2ccc(F)cc2)o1. The molecule has 0 saturated carbocycles. The van der Waals surface area contributed by atoms with Crippen molar-refractivity contribution >= 4 is 11.7 Å². The Morgan fingerprint density at radius 2 is 1.88 bits per heavy atom. The van der Waals surface area contributed by atoms with Crippen molar-refractivity contribution in [2.75, 3.05) is 13.2 Å². The molecule has 2 aromatic carbocycles. The number of nitrogens with zero attached hydrogens (tertiary/aromatic N) is 2. The number of halogens is 1. The van der Waals surface area contributed by atoms with Crippen LogP contribution in [0.1, 0.15) is 31.7 Å². The number of aromatic nitrogens is 2. The first kappa shape index (κ1) is 23.0. The van der Waals surface area contributed by atoms with Crippen LogP contribution in [0.3, 0.4) is 0 Å². The van der Waals surface area contributed by atoms with Crippen LogP contribution >= 0.6 is 0 Å². The molecule has 3 rings (SSSR count). The summed E-state index contributed by atoms with van der Waals surface area (Å²) in [4.78, 5) is 17.0. The smallest absolute Gasteiger partial charge is 0.306 e. The Labute approximate surface area is 185 Å². The van der Waals surface area contributed by atoms with E-state index >= 15 is 0 Å². The second-order valence-electron chi connectivity index (χ2n) is 6.52. The molecule has 3 aromatic rings. The number of carbonyl (C=O) groups excluding carboxylic acids is 1. The van der Waals surface area contributed by atoms with Crippen molar-refractivity contribution in [3.8, 4) is 17.2 Å². The zero-order valence-electron chi connectivity index (χ0n) is 17.8. The molecule has 0 saturated heterocycles. The zero-order valence-corrected chi connectivity index (χ0v) is 17.8. The molecule has 0 fully saturated rings.